The van der Waals surface area contributed by atoms with Crippen molar-refractivity contribution in [2.45, 2.75) is 19.4 Å². The molecule has 7 heteroatoms. The van der Waals surface area contributed by atoms with Crippen LogP contribution in [0.1, 0.15) is 23.3 Å². The van der Waals surface area contributed by atoms with Crippen LogP contribution in [-0.4, -0.2) is 62.6 Å². The van der Waals surface area contributed by atoms with Gasteiger partial charge in [0.1, 0.15) is 5.69 Å². The Balaban J connectivity index is 1.41. The topological polar surface area (TPSA) is 74.2 Å². The van der Waals surface area contributed by atoms with E-state index in [1.807, 2.05) is 27.9 Å². The predicted molar refractivity (Wildman–Crippen MR) is 84.7 cm³/mol. The zero-order valence-electron chi connectivity index (χ0n) is 13.0. The van der Waals surface area contributed by atoms with E-state index in [-0.39, 0.29) is 11.8 Å². The fraction of sp³-hybridized carbons (Fsp3) is 0.438. The van der Waals surface area contributed by atoms with E-state index in [0.29, 0.717) is 38.3 Å². The van der Waals surface area contributed by atoms with Gasteiger partial charge in [-0.1, -0.05) is 0 Å². The van der Waals surface area contributed by atoms with Gasteiger partial charge in [-0.2, -0.15) is 5.10 Å². The third-order valence-corrected chi connectivity index (χ3v) is 4.08. The van der Waals surface area contributed by atoms with Crippen LogP contribution in [0.4, 0.5) is 0 Å². The Kier molecular flexibility index (Phi) is 4.75. The van der Waals surface area contributed by atoms with Crippen molar-refractivity contribution >= 4 is 11.8 Å². The molecule has 2 amide bonds. The first kappa shape index (κ1) is 15.3. The summed E-state index contributed by atoms with van der Waals surface area (Å²) in [6.45, 7) is 3.13. The number of carbonyl (C=O) groups excluding carboxylic acids is 2. The van der Waals surface area contributed by atoms with E-state index in [0.717, 1.165) is 13.0 Å². The van der Waals surface area contributed by atoms with E-state index < -0.39 is 0 Å². The van der Waals surface area contributed by atoms with Crippen LogP contribution in [0.2, 0.25) is 0 Å². The molecule has 0 atom stereocenters. The number of carbonyl (C=O) groups is 2. The highest BCUT2D eigenvalue weighted by Gasteiger charge is 2.24. The summed E-state index contributed by atoms with van der Waals surface area (Å²) in [4.78, 5) is 31.0. The number of aromatic nitrogens is 3. The van der Waals surface area contributed by atoms with Gasteiger partial charge >= 0.3 is 0 Å². The Labute approximate surface area is 134 Å². The van der Waals surface area contributed by atoms with E-state index in [2.05, 4.69) is 10.1 Å². The summed E-state index contributed by atoms with van der Waals surface area (Å²) >= 11 is 0. The van der Waals surface area contributed by atoms with Gasteiger partial charge in [-0.05, 0) is 24.6 Å². The summed E-state index contributed by atoms with van der Waals surface area (Å²) in [6.07, 6.45) is 6.68. The molecule has 1 aliphatic heterocycles. The number of H-pyrrole nitrogens is 1. The highest BCUT2D eigenvalue weighted by molar-refractivity contribution is 5.92. The predicted octanol–water partition coefficient (Wildman–Crippen LogP) is 0.976. The second kappa shape index (κ2) is 7.13. The Hall–Kier alpha value is -2.57. The minimum absolute atomic E-state index is 0.000723. The number of hydrogen-bond donors (Lipinski definition) is 1. The molecule has 0 bridgehead atoms. The molecule has 0 aliphatic carbocycles. The summed E-state index contributed by atoms with van der Waals surface area (Å²) in [5, 5.41) is 4.12. The monoisotopic (exact) mass is 315 g/mol. The second-order valence-electron chi connectivity index (χ2n) is 5.63. The van der Waals surface area contributed by atoms with Crippen molar-refractivity contribution in [2.24, 2.45) is 0 Å². The van der Waals surface area contributed by atoms with Gasteiger partial charge in [-0.25, -0.2) is 0 Å². The number of hydrogen-bond acceptors (Lipinski definition) is 3. The molecule has 1 aliphatic rings. The molecule has 0 saturated carbocycles. The van der Waals surface area contributed by atoms with Gasteiger partial charge in [-0.15, -0.1) is 0 Å². The maximum absolute atomic E-state index is 12.2. The van der Waals surface area contributed by atoms with Crippen molar-refractivity contribution in [3.8, 4) is 0 Å². The SMILES string of the molecule is O=C(CCCn1cccn1)N1CCN(C(=O)c2ccc[nH]2)CC1. The van der Waals surface area contributed by atoms with Gasteiger partial charge in [0.15, 0.2) is 0 Å². The van der Waals surface area contributed by atoms with Crippen molar-refractivity contribution in [1.29, 1.82) is 0 Å². The summed E-state index contributed by atoms with van der Waals surface area (Å²) in [7, 11) is 0. The van der Waals surface area contributed by atoms with Gasteiger partial charge in [0.05, 0.1) is 0 Å². The molecular formula is C16H21N5O2. The molecule has 0 radical (unpaired) electrons. The van der Waals surface area contributed by atoms with E-state index in [1.54, 1.807) is 23.4 Å². The van der Waals surface area contributed by atoms with Crippen LogP contribution >= 0.6 is 0 Å². The summed E-state index contributed by atoms with van der Waals surface area (Å²) < 4.78 is 1.83. The minimum atomic E-state index is 0.000723. The Bertz CT molecular complexity index is 627. The van der Waals surface area contributed by atoms with Crippen molar-refractivity contribution < 1.29 is 9.59 Å². The zero-order valence-corrected chi connectivity index (χ0v) is 13.0. The first-order valence-corrected chi connectivity index (χ1v) is 7.92. The standard InChI is InChI=1S/C16H21N5O2/c22-15(5-2-8-21-9-3-7-18-21)19-10-12-20(13-11-19)16(23)14-4-1-6-17-14/h1,3-4,6-7,9,17H,2,5,8,10-13H2. The number of nitrogens with zero attached hydrogens (tertiary/aromatic N) is 4. The van der Waals surface area contributed by atoms with Crippen molar-refractivity contribution in [3.05, 3.63) is 42.5 Å². The van der Waals surface area contributed by atoms with Crippen LogP contribution in [0.25, 0.3) is 0 Å². The fourth-order valence-corrected chi connectivity index (χ4v) is 2.78. The van der Waals surface area contributed by atoms with Crippen LogP contribution in [0.5, 0.6) is 0 Å². The molecule has 122 valence electrons. The molecule has 7 nitrogen and oxygen atoms in total. The number of amides is 2. The molecule has 0 unspecified atom stereocenters. The second-order valence-corrected chi connectivity index (χ2v) is 5.63. The summed E-state index contributed by atoms with van der Waals surface area (Å²) in [6, 6.07) is 5.46. The third-order valence-electron chi connectivity index (χ3n) is 4.08. The zero-order chi connectivity index (χ0) is 16.1. The van der Waals surface area contributed by atoms with Crippen molar-refractivity contribution in [1.82, 2.24) is 24.6 Å². The van der Waals surface area contributed by atoms with Gasteiger partial charge in [0.2, 0.25) is 5.91 Å². The molecule has 1 saturated heterocycles. The van der Waals surface area contributed by atoms with Gasteiger partial charge in [0, 0.05) is 57.7 Å². The lowest BCUT2D eigenvalue weighted by Gasteiger charge is -2.34. The van der Waals surface area contributed by atoms with Crippen LogP contribution in [0.15, 0.2) is 36.8 Å². The molecular weight excluding hydrogens is 294 g/mol. The van der Waals surface area contributed by atoms with E-state index in [4.69, 9.17) is 0 Å². The Morgan fingerprint density at radius 3 is 2.57 bits per heavy atom. The maximum atomic E-state index is 12.2. The highest BCUT2D eigenvalue weighted by atomic mass is 16.2. The molecule has 2 aromatic rings. The normalized spacial score (nSPS) is 15.0. The first-order chi connectivity index (χ1) is 11.2. The van der Waals surface area contributed by atoms with E-state index in [9.17, 15) is 9.59 Å². The first-order valence-electron chi connectivity index (χ1n) is 7.92. The van der Waals surface area contributed by atoms with Gasteiger partial charge in [0.25, 0.3) is 5.91 Å². The third kappa shape index (κ3) is 3.80. The lowest BCUT2D eigenvalue weighted by atomic mass is 10.2. The smallest absolute Gasteiger partial charge is 0.270 e. The number of rotatable bonds is 5. The van der Waals surface area contributed by atoms with Crippen LogP contribution in [-0.2, 0) is 11.3 Å². The average molecular weight is 315 g/mol. The van der Waals surface area contributed by atoms with Crippen LogP contribution < -0.4 is 0 Å². The molecule has 0 aromatic carbocycles. The molecule has 2 aromatic heterocycles. The largest absolute Gasteiger partial charge is 0.357 e. The average Bonchev–Trinajstić information content (AvgIpc) is 3.28. The molecule has 1 fully saturated rings. The lowest BCUT2D eigenvalue weighted by molar-refractivity contribution is -0.132. The number of aryl methyl sites for hydroxylation is 1. The minimum Gasteiger partial charge on any atom is -0.357 e. The summed E-state index contributed by atoms with van der Waals surface area (Å²) in [5.41, 5.74) is 0.601. The lowest BCUT2D eigenvalue weighted by Crippen LogP contribution is -2.50. The van der Waals surface area contributed by atoms with E-state index in [1.165, 1.54) is 0 Å². The molecule has 0 spiro atoms. The quantitative estimate of drug-likeness (QED) is 0.893. The number of piperazine rings is 1. The molecule has 3 rings (SSSR count). The molecule has 1 N–H and O–H groups in total. The number of aromatic amines is 1. The molecule has 3 heterocycles. The fourth-order valence-electron chi connectivity index (χ4n) is 2.78. The Morgan fingerprint density at radius 2 is 1.91 bits per heavy atom. The maximum Gasteiger partial charge on any atom is 0.270 e. The van der Waals surface area contributed by atoms with Gasteiger partial charge < -0.3 is 14.8 Å². The van der Waals surface area contributed by atoms with Gasteiger partial charge in [-0.3, -0.25) is 14.3 Å². The van der Waals surface area contributed by atoms with Crippen LogP contribution in [0.3, 0.4) is 0 Å². The van der Waals surface area contributed by atoms with Crippen molar-refractivity contribution in [3.63, 3.8) is 0 Å². The number of nitrogens with one attached hydrogen (secondary N) is 1. The van der Waals surface area contributed by atoms with E-state index >= 15 is 0 Å². The highest BCUT2D eigenvalue weighted by Crippen LogP contribution is 2.09. The molecule has 23 heavy (non-hydrogen) atoms. The van der Waals surface area contributed by atoms with Crippen molar-refractivity contribution in [2.75, 3.05) is 26.2 Å². The van der Waals surface area contributed by atoms with Crippen LogP contribution in [0, 0.1) is 0 Å². The summed E-state index contributed by atoms with van der Waals surface area (Å²) in [5.74, 6) is 0.157. The Morgan fingerprint density at radius 1 is 1.13 bits per heavy atom.